The van der Waals surface area contributed by atoms with Gasteiger partial charge in [0.05, 0.1) is 0 Å². The second-order valence-electron chi connectivity index (χ2n) is 5.77. The highest BCUT2D eigenvalue weighted by atomic mass is 32.1. The van der Waals surface area contributed by atoms with Gasteiger partial charge in [-0.2, -0.15) is 11.3 Å². The quantitative estimate of drug-likeness (QED) is 0.795. The smallest absolute Gasteiger partial charge is 0.00134 e. The molecule has 0 amide bonds. The fraction of sp³-hybridized carbons (Fsp3) is 0.714. The van der Waals surface area contributed by atoms with Crippen molar-refractivity contribution in [3.8, 4) is 0 Å². The first kappa shape index (κ1) is 12.1. The van der Waals surface area contributed by atoms with Gasteiger partial charge in [-0.15, -0.1) is 0 Å². The summed E-state index contributed by atoms with van der Waals surface area (Å²) in [6.45, 7) is 8.08. The van der Waals surface area contributed by atoms with Gasteiger partial charge in [0.25, 0.3) is 0 Å². The largest absolute Gasteiger partial charge is 0.314 e. The Morgan fingerprint density at radius 3 is 2.75 bits per heavy atom. The molecule has 0 aromatic carbocycles. The van der Waals surface area contributed by atoms with Gasteiger partial charge in [0.2, 0.25) is 0 Å². The van der Waals surface area contributed by atoms with E-state index in [9.17, 15) is 0 Å². The second-order valence-corrected chi connectivity index (χ2v) is 6.55. The fourth-order valence-corrected chi connectivity index (χ4v) is 3.10. The summed E-state index contributed by atoms with van der Waals surface area (Å²) in [7, 11) is 0. The van der Waals surface area contributed by atoms with Crippen LogP contribution in [0.3, 0.4) is 0 Å². The van der Waals surface area contributed by atoms with Crippen LogP contribution in [0.5, 0.6) is 0 Å². The Morgan fingerprint density at radius 1 is 1.50 bits per heavy atom. The molecule has 1 heterocycles. The normalized spacial score (nSPS) is 20.0. The van der Waals surface area contributed by atoms with Crippen LogP contribution < -0.4 is 5.32 Å². The van der Waals surface area contributed by atoms with Crippen molar-refractivity contribution in [2.75, 3.05) is 6.54 Å². The van der Waals surface area contributed by atoms with E-state index in [1.54, 1.807) is 0 Å². The van der Waals surface area contributed by atoms with Crippen LogP contribution in [0, 0.1) is 11.3 Å². The summed E-state index contributed by atoms with van der Waals surface area (Å²) in [5.74, 6) is 0.943. The van der Waals surface area contributed by atoms with Crippen LogP contribution >= 0.6 is 11.3 Å². The molecule has 90 valence electrons. The molecule has 1 aliphatic carbocycles. The van der Waals surface area contributed by atoms with E-state index < -0.39 is 0 Å². The lowest BCUT2D eigenvalue weighted by molar-refractivity contribution is 0.248. The minimum atomic E-state index is 0.464. The lowest BCUT2D eigenvalue weighted by Crippen LogP contribution is -2.38. The van der Waals surface area contributed by atoms with Crippen molar-refractivity contribution in [1.82, 2.24) is 5.32 Å². The van der Waals surface area contributed by atoms with Crippen molar-refractivity contribution in [3.05, 3.63) is 22.4 Å². The Morgan fingerprint density at radius 2 is 2.25 bits per heavy atom. The topological polar surface area (TPSA) is 12.0 Å². The molecule has 1 saturated carbocycles. The van der Waals surface area contributed by atoms with Crippen molar-refractivity contribution in [3.63, 3.8) is 0 Å². The molecule has 0 aliphatic heterocycles. The summed E-state index contributed by atoms with van der Waals surface area (Å²) in [5.41, 5.74) is 1.98. The zero-order valence-corrected chi connectivity index (χ0v) is 11.4. The maximum absolute atomic E-state index is 3.62. The Bertz CT molecular complexity index is 313. The molecule has 0 saturated heterocycles. The summed E-state index contributed by atoms with van der Waals surface area (Å²) in [6, 6.07) is 2.88. The first-order chi connectivity index (χ1) is 7.60. The molecule has 1 N–H and O–H groups in total. The lowest BCUT2D eigenvalue weighted by atomic mass is 9.79. The monoisotopic (exact) mass is 237 g/mol. The highest BCUT2D eigenvalue weighted by Crippen LogP contribution is 2.47. The van der Waals surface area contributed by atoms with E-state index in [2.05, 4.69) is 42.9 Å². The van der Waals surface area contributed by atoms with Gasteiger partial charge in [0, 0.05) is 12.6 Å². The van der Waals surface area contributed by atoms with Crippen molar-refractivity contribution in [1.29, 1.82) is 0 Å². The van der Waals surface area contributed by atoms with E-state index in [1.807, 2.05) is 11.3 Å². The molecule has 1 atom stereocenters. The first-order valence-corrected chi connectivity index (χ1v) is 7.29. The SMILES string of the molecule is CC(C)NCC(C)(Cc1ccsc1)C1CC1. The van der Waals surface area contributed by atoms with Gasteiger partial charge in [0.15, 0.2) is 0 Å². The Labute approximate surface area is 103 Å². The molecule has 1 fully saturated rings. The molecular weight excluding hydrogens is 214 g/mol. The first-order valence-electron chi connectivity index (χ1n) is 6.34. The van der Waals surface area contributed by atoms with Gasteiger partial charge in [-0.1, -0.05) is 20.8 Å². The van der Waals surface area contributed by atoms with Crippen molar-refractivity contribution < 1.29 is 0 Å². The van der Waals surface area contributed by atoms with Crippen molar-refractivity contribution in [2.24, 2.45) is 11.3 Å². The van der Waals surface area contributed by atoms with Crippen LogP contribution in [0.2, 0.25) is 0 Å². The molecule has 2 heteroatoms. The molecule has 1 aromatic rings. The van der Waals surface area contributed by atoms with Crippen LogP contribution in [0.15, 0.2) is 16.8 Å². The molecule has 0 spiro atoms. The zero-order chi connectivity index (χ0) is 11.6. The van der Waals surface area contributed by atoms with Gasteiger partial charge in [-0.3, -0.25) is 0 Å². The predicted molar refractivity (Wildman–Crippen MR) is 72.0 cm³/mol. The van der Waals surface area contributed by atoms with E-state index >= 15 is 0 Å². The summed E-state index contributed by atoms with van der Waals surface area (Å²) < 4.78 is 0. The Hall–Kier alpha value is -0.340. The number of rotatable bonds is 6. The molecule has 16 heavy (non-hydrogen) atoms. The molecule has 1 nitrogen and oxygen atoms in total. The number of hydrogen-bond acceptors (Lipinski definition) is 2. The maximum Gasteiger partial charge on any atom is 0.00134 e. The fourth-order valence-electron chi connectivity index (χ4n) is 2.43. The minimum absolute atomic E-state index is 0.464. The van der Waals surface area contributed by atoms with Crippen LogP contribution in [0.25, 0.3) is 0 Å². The van der Waals surface area contributed by atoms with Crippen LogP contribution in [0.1, 0.15) is 39.2 Å². The highest BCUT2D eigenvalue weighted by Gasteiger charge is 2.41. The van der Waals surface area contributed by atoms with E-state index in [4.69, 9.17) is 0 Å². The molecule has 1 unspecified atom stereocenters. The zero-order valence-electron chi connectivity index (χ0n) is 10.6. The summed E-state index contributed by atoms with van der Waals surface area (Å²) in [4.78, 5) is 0. The molecule has 1 aromatic heterocycles. The molecule has 1 aliphatic rings. The number of thiophene rings is 1. The molecular formula is C14H23NS. The van der Waals surface area contributed by atoms with Crippen LogP contribution in [-0.4, -0.2) is 12.6 Å². The Balaban J connectivity index is 1.97. The lowest BCUT2D eigenvalue weighted by Gasteiger charge is -2.31. The average Bonchev–Trinajstić information content (AvgIpc) is 2.98. The van der Waals surface area contributed by atoms with Gasteiger partial charge in [-0.25, -0.2) is 0 Å². The van der Waals surface area contributed by atoms with Crippen LogP contribution in [0.4, 0.5) is 0 Å². The molecule has 0 radical (unpaired) electrons. The third-order valence-electron chi connectivity index (χ3n) is 3.67. The molecule has 2 rings (SSSR count). The number of hydrogen-bond donors (Lipinski definition) is 1. The molecule has 0 bridgehead atoms. The van der Waals surface area contributed by atoms with Crippen molar-refractivity contribution >= 4 is 11.3 Å². The van der Waals surface area contributed by atoms with Gasteiger partial charge >= 0.3 is 0 Å². The van der Waals surface area contributed by atoms with E-state index in [1.165, 1.54) is 24.8 Å². The van der Waals surface area contributed by atoms with E-state index in [0.29, 0.717) is 11.5 Å². The Kier molecular flexibility index (Phi) is 3.70. The van der Waals surface area contributed by atoms with Gasteiger partial charge in [0.1, 0.15) is 0 Å². The van der Waals surface area contributed by atoms with E-state index in [-0.39, 0.29) is 0 Å². The van der Waals surface area contributed by atoms with Gasteiger partial charge < -0.3 is 5.32 Å². The second kappa shape index (κ2) is 4.89. The average molecular weight is 237 g/mol. The summed E-state index contributed by atoms with van der Waals surface area (Å²) >= 11 is 1.82. The standard InChI is InChI=1S/C14H23NS/c1-11(2)15-10-14(3,13-4-5-13)8-12-6-7-16-9-12/h6-7,9,11,13,15H,4-5,8,10H2,1-3H3. The third kappa shape index (κ3) is 3.08. The van der Waals surface area contributed by atoms with Crippen molar-refractivity contribution in [2.45, 2.75) is 46.1 Å². The maximum atomic E-state index is 3.62. The third-order valence-corrected chi connectivity index (χ3v) is 4.40. The van der Waals surface area contributed by atoms with Crippen LogP contribution in [-0.2, 0) is 6.42 Å². The predicted octanol–water partition coefficient (Wildman–Crippen LogP) is 3.70. The van der Waals surface area contributed by atoms with E-state index in [0.717, 1.165) is 12.5 Å². The summed E-state index contributed by atoms with van der Waals surface area (Å²) in [5, 5.41) is 8.12. The van der Waals surface area contributed by atoms with Gasteiger partial charge in [-0.05, 0) is 53.0 Å². The summed E-state index contributed by atoms with van der Waals surface area (Å²) in [6.07, 6.45) is 4.10. The highest BCUT2D eigenvalue weighted by molar-refractivity contribution is 7.07. The minimum Gasteiger partial charge on any atom is -0.314 e. The number of nitrogens with one attached hydrogen (secondary N) is 1.